The van der Waals surface area contributed by atoms with Gasteiger partial charge in [-0.15, -0.1) is 0 Å². The Balaban J connectivity index is 2.33. The molecule has 2 aromatic rings. The van der Waals surface area contributed by atoms with E-state index in [2.05, 4.69) is 10.3 Å². The zero-order valence-corrected chi connectivity index (χ0v) is 14.6. The van der Waals surface area contributed by atoms with Gasteiger partial charge in [-0.25, -0.2) is 8.42 Å². The van der Waals surface area contributed by atoms with Crippen LogP contribution in [0.5, 0.6) is 5.75 Å². The van der Waals surface area contributed by atoms with Gasteiger partial charge in [-0.2, -0.15) is 0 Å². The minimum absolute atomic E-state index is 0.110. The monoisotopic (exact) mass is 348 g/mol. The summed E-state index contributed by atoms with van der Waals surface area (Å²) >= 11 is 0. The number of carbonyl (C=O) groups excluding carboxylic acids is 1. The molecule has 128 valence electrons. The van der Waals surface area contributed by atoms with Crippen LogP contribution in [0.3, 0.4) is 0 Å². The average Bonchev–Trinajstić information content (AvgIpc) is 2.59. The molecule has 24 heavy (non-hydrogen) atoms. The molecule has 1 heterocycles. The molecule has 0 aliphatic heterocycles. The SMILES string of the molecule is CC[C@@H](NC(=O)c1ccncc1)c1ccc(OC)c(S(C)(=O)=O)c1. The summed E-state index contributed by atoms with van der Waals surface area (Å²) in [5.41, 5.74) is 1.21. The largest absolute Gasteiger partial charge is 0.495 e. The maximum atomic E-state index is 12.3. The first-order chi connectivity index (χ1) is 11.4. The molecule has 1 atom stereocenters. The number of hydrogen-bond donors (Lipinski definition) is 1. The van der Waals surface area contributed by atoms with Crippen LogP contribution >= 0.6 is 0 Å². The lowest BCUT2D eigenvalue weighted by Crippen LogP contribution is -2.28. The van der Waals surface area contributed by atoms with Crippen LogP contribution in [0, 0.1) is 0 Å². The molecule has 0 unspecified atom stereocenters. The Bertz CT molecular complexity index is 820. The molecular formula is C17H20N2O4S. The number of carbonyl (C=O) groups is 1. The minimum atomic E-state index is -3.44. The number of pyridine rings is 1. The second kappa shape index (κ2) is 7.44. The first kappa shape index (κ1) is 17.9. The third kappa shape index (κ3) is 4.11. The van der Waals surface area contributed by atoms with Crippen LogP contribution in [0.25, 0.3) is 0 Å². The van der Waals surface area contributed by atoms with Gasteiger partial charge in [0.1, 0.15) is 10.6 Å². The topological polar surface area (TPSA) is 85.4 Å². The van der Waals surface area contributed by atoms with Crippen LogP contribution in [0.4, 0.5) is 0 Å². The van der Waals surface area contributed by atoms with Crippen LogP contribution in [0.15, 0.2) is 47.6 Å². The maximum Gasteiger partial charge on any atom is 0.251 e. The molecule has 0 aliphatic carbocycles. The maximum absolute atomic E-state index is 12.3. The van der Waals surface area contributed by atoms with E-state index in [0.29, 0.717) is 17.5 Å². The molecule has 0 fully saturated rings. The number of ether oxygens (including phenoxy) is 1. The summed E-state index contributed by atoms with van der Waals surface area (Å²) in [6.45, 7) is 1.92. The summed E-state index contributed by atoms with van der Waals surface area (Å²) in [4.78, 5) is 16.3. The number of nitrogens with zero attached hydrogens (tertiary/aromatic N) is 1. The molecular weight excluding hydrogens is 328 g/mol. The Morgan fingerprint density at radius 1 is 1.25 bits per heavy atom. The van der Waals surface area contributed by atoms with E-state index < -0.39 is 9.84 Å². The second-order valence-corrected chi connectivity index (χ2v) is 7.34. The average molecular weight is 348 g/mol. The number of amides is 1. The van der Waals surface area contributed by atoms with Gasteiger partial charge in [-0.1, -0.05) is 13.0 Å². The van der Waals surface area contributed by atoms with Gasteiger partial charge >= 0.3 is 0 Å². The second-order valence-electron chi connectivity index (χ2n) is 5.35. The number of hydrogen-bond acceptors (Lipinski definition) is 5. The number of sulfone groups is 1. The molecule has 6 nitrogen and oxygen atoms in total. The number of aromatic nitrogens is 1. The fourth-order valence-electron chi connectivity index (χ4n) is 2.37. The van der Waals surface area contributed by atoms with Crippen LogP contribution in [-0.4, -0.2) is 32.7 Å². The van der Waals surface area contributed by atoms with E-state index in [0.717, 1.165) is 6.26 Å². The van der Waals surface area contributed by atoms with Crippen LogP contribution < -0.4 is 10.1 Å². The Morgan fingerprint density at radius 2 is 1.92 bits per heavy atom. The van der Waals surface area contributed by atoms with Crippen molar-refractivity contribution in [2.24, 2.45) is 0 Å². The third-order valence-corrected chi connectivity index (χ3v) is 4.76. The van der Waals surface area contributed by atoms with E-state index in [-0.39, 0.29) is 22.6 Å². The lowest BCUT2D eigenvalue weighted by atomic mass is 10.0. The lowest BCUT2D eigenvalue weighted by molar-refractivity contribution is 0.0935. The van der Waals surface area contributed by atoms with E-state index in [1.54, 1.807) is 42.7 Å². The van der Waals surface area contributed by atoms with Crippen molar-refractivity contribution >= 4 is 15.7 Å². The van der Waals surface area contributed by atoms with E-state index >= 15 is 0 Å². The van der Waals surface area contributed by atoms with Gasteiger partial charge in [0.15, 0.2) is 9.84 Å². The van der Waals surface area contributed by atoms with E-state index in [9.17, 15) is 13.2 Å². The van der Waals surface area contributed by atoms with Crippen molar-refractivity contribution in [1.82, 2.24) is 10.3 Å². The summed E-state index contributed by atoms with van der Waals surface area (Å²) in [5, 5.41) is 2.91. The Hall–Kier alpha value is -2.41. The molecule has 1 N–H and O–H groups in total. The molecule has 1 aromatic carbocycles. The molecule has 1 aromatic heterocycles. The fraction of sp³-hybridized carbons (Fsp3) is 0.294. The van der Waals surface area contributed by atoms with Crippen molar-refractivity contribution in [3.8, 4) is 5.75 Å². The Labute approximate surface area is 141 Å². The molecule has 0 radical (unpaired) electrons. The summed E-state index contributed by atoms with van der Waals surface area (Å²) in [6, 6.07) is 7.85. The first-order valence-corrected chi connectivity index (χ1v) is 9.34. The molecule has 0 saturated heterocycles. The van der Waals surface area contributed by atoms with Crippen molar-refractivity contribution < 1.29 is 17.9 Å². The quantitative estimate of drug-likeness (QED) is 0.866. The standard InChI is InChI=1S/C17H20N2O4S/c1-4-14(19-17(20)12-7-9-18-10-8-12)13-5-6-15(23-2)16(11-13)24(3,21)22/h5-11,14H,4H2,1-3H3,(H,19,20)/t14-/m1/s1. The predicted molar refractivity (Wildman–Crippen MR) is 90.8 cm³/mol. The highest BCUT2D eigenvalue weighted by Crippen LogP contribution is 2.28. The van der Waals surface area contributed by atoms with Gasteiger partial charge in [-0.3, -0.25) is 9.78 Å². The van der Waals surface area contributed by atoms with Crippen LogP contribution in [-0.2, 0) is 9.84 Å². The molecule has 7 heteroatoms. The molecule has 0 bridgehead atoms. The van der Waals surface area contributed by atoms with Crippen molar-refractivity contribution in [2.75, 3.05) is 13.4 Å². The summed E-state index contributed by atoms with van der Waals surface area (Å²) in [7, 11) is -2.01. The summed E-state index contributed by atoms with van der Waals surface area (Å²) in [6.07, 6.45) is 4.84. The number of nitrogens with one attached hydrogen (secondary N) is 1. The zero-order chi connectivity index (χ0) is 17.7. The molecule has 1 amide bonds. The zero-order valence-electron chi connectivity index (χ0n) is 13.8. The third-order valence-electron chi connectivity index (χ3n) is 3.65. The smallest absolute Gasteiger partial charge is 0.251 e. The van der Waals surface area contributed by atoms with Crippen molar-refractivity contribution in [1.29, 1.82) is 0 Å². The summed E-state index contributed by atoms with van der Waals surface area (Å²) < 4.78 is 29.0. The van der Waals surface area contributed by atoms with Gasteiger partial charge in [-0.05, 0) is 36.2 Å². The van der Waals surface area contributed by atoms with E-state index in [1.807, 2.05) is 6.92 Å². The first-order valence-electron chi connectivity index (χ1n) is 7.45. The van der Waals surface area contributed by atoms with Gasteiger partial charge in [0.2, 0.25) is 0 Å². The minimum Gasteiger partial charge on any atom is -0.495 e. The number of methoxy groups -OCH3 is 1. The molecule has 0 aliphatic rings. The van der Waals surface area contributed by atoms with E-state index in [1.165, 1.54) is 7.11 Å². The predicted octanol–water partition coefficient (Wildman–Crippen LogP) is 2.37. The lowest BCUT2D eigenvalue weighted by Gasteiger charge is -2.19. The van der Waals surface area contributed by atoms with Crippen molar-refractivity contribution in [3.05, 3.63) is 53.9 Å². The van der Waals surface area contributed by atoms with Gasteiger partial charge in [0.25, 0.3) is 5.91 Å². The van der Waals surface area contributed by atoms with Crippen LogP contribution in [0.2, 0.25) is 0 Å². The normalized spacial score (nSPS) is 12.5. The highest BCUT2D eigenvalue weighted by molar-refractivity contribution is 7.90. The van der Waals surface area contributed by atoms with E-state index in [4.69, 9.17) is 4.74 Å². The van der Waals surface area contributed by atoms with Crippen molar-refractivity contribution in [2.45, 2.75) is 24.3 Å². The Morgan fingerprint density at radius 3 is 2.46 bits per heavy atom. The molecule has 0 spiro atoms. The molecule has 2 rings (SSSR count). The van der Waals surface area contributed by atoms with Gasteiger partial charge in [0, 0.05) is 24.2 Å². The highest BCUT2D eigenvalue weighted by Gasteiger charge is 2.19. The molecule has 0 saturated carbocycles. The van der Waals surface area contributed by atoms with Gasteiger partial charge < -0.3 is 10.1 Å². The van der Waals surface area contributed by atoms with Crippen LogP contribution in [0.1, 0.15) is 35.3 Å². The number of rotatable bonds is 6. The Kier molecular flexibility index (Phi) is 5.56. The fourth-order valence-corrected chi connectivity index (χ4v) is 3.23. The summed E-state index contributed by atoms with van der Waals surface area (Å²) in [5.74, 6) is 0.0533. The number of benzene rings is 1. The highest BCUT2D eigenvalue weighted by atomic mass is 32.2. The van der Waals surface area contributed by atoms with Gasteiger partial charge in [0.05, 0.1) is 13.2 Å². The van der Waals surface area contributed by atoms with Crippen molar-refractivity contribution in [3.63, 3.8) is 0 Å².